The maximum Gasteiger partial charge on any atom is 0.274 e. The molecule has 0 unspecified atom stereocenters. The second-order valence-corrected chi connectivity index (χ2v) is 8.07. The van der Waals surface area contributed by atoms with Crippen molar-refractivity contribution in [2.45, 2.75) is 37.8 Å². The Bertz CT molecular complexity index is 855. The minimum absolute atomic E-state index is 0.0721. The number of aryl methyl sites for hydroxylation is 1. The van der Waals surface area contributed by atoms with Gasteiger partial charge < -0.3 is 14.6 Å². The summed E-state index contributed by atoms with van der Waals surface area (Å²) in [5.41, 5.74) is 2.69. The van der Waals surface area contributed by atoms with Gasteiger partial charge in [-0.05, 0) is 56.5 Å². The normalized spacial score (nSPS) is 31.8. The summed E-state index contributed by atoms with van der Waals surface area (Å²) >= 11 is 0. The molecular weight excluding hydrogens is 340 g/mol. The van der Waals surface area contributed by atoms with Crippen LogP contribution in [0.25, 0.3) is 0 Å². The first-order valence-electron chi connectivity index (χ1n) is 9.86. The van der Waals surface area contributed by atoms with E-state index in [1.165, 1.54) is 18.4 Å². The van der Waals surface area contributed by atoms with E-state index in [2.05, 4.69) is 38.0 Å². The molecule has 1 amide bonds. The Morgan fingerprint density at radius 3 is 2.78 bits per heavy atom. The van der Waals surface area contributed by atoms with Crippen LogP contribution in [-0.2, 0) is 0 Å². The highest BCUT2D eigenvalue weighted by molar-refractivity contribution is 5.94. The number of piperidine rings is 3. The first-order valence-corrected chi connectivity index (χ1v) is 9.86. The van der Waals surface area contributed by atoms with Gasteiger partial charge in [0.05, 0.1) is 19.5 Å². The molecule has 1 aromatic heterocycles. The molecule has 27 heavy (non-hydrogen) atoms. The van der Waals surface area contributed by atoms with Crippen LogP contribution in [0.3, 0.4) is 0 Å². The summed E-state index contributed by atoms with van der Waals surface area (Å²) in [6.07, 6.45) is 4.00. The van der Waals surface area contributed by atoms with Crippen molar-refractivity contribution in [1.29, 1.82) is 0 Å². The first-order chi connectivity index (χ1) is 13.2. The molecule has 142 valence electrons. The highest BCUT2D eigenvalue weighted by Gasteiger charge is 2.55. The topological polar surface area (TPSA) is 61.5 Å². The van der Waals surface area contributed by atoms with Gasteiger partial charge in [-0.25, -0.2) is 4.98 Å². The average molecular weight is 366 g/mol. The van der Waals surface area contributed by atoms with Crippen LogP contribution in [-0.4, -0.2) is 64.5 Å². The summed E-state index contributed by atoms with van der Waals surface area (Å²) in [5, 5.41) is 0. The van der Waals surface area contributed by atoms with E-state index in [0.717, 1.165) is 31.1 Å². The second-order valence-electron chi connectivity index (χ2n) is 8.07. The van der Waals surface area contributed by atoms with Crippen molar-refractivity contribution in [3.05, 3.63) is 47.5 Å². The third-order valence-electron chi connectivity index (χ3n) is 6.81. The van der Waals surface area contributed by atoms with E-state index in [-0.39, 0.29) is 11.9 Å². The maximum atomic E-state index is 13.4. The highest BCUT2D eigenvalue weighted by Crippen LogP contribution is 2.47. The molecule has 5 heterocycles. The number of benzene rings is 1. The van der Waals surface area contributed by atoms with Crippen LogP contribution in [0.1, 0.15) is 40.5 Å². The van der Waals surface area contributed by atoms with Gasteiger partial charge in [-0.1, -0.05) is 12.1 Å². The first kappa shape index (κ1) is 16.8. The van der Waals surface area contributed by atoms with Crippen LogP contribution < -0.4 is 4.74 Å². The van der Waals surface area contributed by atoms with Gasteiger partial charge in [0, 0.05) is 24.2 Å². The molecule has 1 aromatic carbocycles. The smallest absolute Gasteiger partial charge is 0.274 e. The Labute approximate surface area is 159 Å². The lowest BCUT2D eigenvalue weighted by molar-refractivity contribution is -0.00359. The van der Waals surface area contributed by atoms with Crippen LogP contribution in [0, 0.1) is 12.8 Å². The van der Waals surface area contributed by atoms with Gasteiger partial charge in [0.1, 0.15) is 11.4 Å². The van der Waals surface area contributed by atoms with Gasteiger partial charge in [0.2, 0.25) is 0 Å². The number of carbonyl (C=O) groups excluding carboxylic acids is 1. The van der Waals surface area contributed by atoms with Crippen LogP contribution in [0.4, 0.5) is 0 Å². The average Bonchev–Trinajstić information content (AvgIpc) is 3.33. The number of hydrogen-bond donors (Lipinski definition) is 1. The van der Waals surface area contributed by atoms with Gasteiger partial charge >= 0.3 is 0 Å². The van der Waals surface area contributed by atoms with E-state index < -0.39 is 0 Å². The molecule has 2 aromatic rings. The third-order valence-corrected chi connectivity index (χ3v) is 6.81. The molecule has 4 aliphatic rings. The number of fused-ring (bicyclic) bond motifs is 2. The van der Waals surface area contributed by atoms with Crippen molar-refractivity contribution < 1.29 is 9.53 Å². The van der Waals surface area contributed by atoms with E-state index in [1.54, 1.807) is 13.4 Å². The Hall–Kier alpha value is -2.34. The number of aromatic nitrogens is 2. The summed E-state index contributed by atoms with van der Waals surface area (Å²) in [6.45, 7) is 4.97. The number of ether oxygens (including phenoxy) is 1. The van der Waals surface area contributed by atoms with Crippen molar-refractivity contribution >= 4 is 5.91 Å². The molecule has 1 N–H and O–H groups in total. The molecule has 6 nitrogen and oxygen atoms in total. The lowest BCUT2D eigenvalue weighted by Gasteiger charge is -2.51. The number of likely N-dealkylation sites (tertiary alicyclic amines) is 1. The number of carbonyl (C=O) groups is 1. The predicted octanol–water partition coefficient (Wildman–Crippen LogP) is 2.43. The van der Waals surface area contributed by atoms with Gasteiger partial charge in [-0.2, -0.15) is 0 Å². The molecule has 4 saturated heterocycles. The van der Waals surface area contributed by atoms with Crippen molar-refractivity contribution in [3.63, 3.8) is 0 Å². The highest BCUT2D eigenvalue weighted by atomic mass is 16.5. The maximum absolute atomic E-state index is 13.4. The predicted molar refractivity (Wildman–Crippen MR) is 102 cm³/mol. The Morgan fingerprint density at radius 1 is 1.26 bits per heavy atom. The number of imidazole rings is 1. The second kappa shape index (κ2) is 6.37. The quantitative estimate of drug-likeness (QED) is 0.906. The summed E-state index contributed by atoms with van der Waals surface area (Å²) < 4.78 is 5.45. The standard InChI is InChI=1S/C21H26N4O2/c1-13-18(23-12-22-13)21(26)25-11-17(15-4-3-5-16(10-15)27-2)20-19(25)14-6-8-24(20)9-7-14/h3-5,10,12,14,17,19-20H,6-9,11H2,1-2H3,(H,22,23)/t17-,19+,20+/m0/s1. The molecule has 0 spiro atoms. The van der Waals surface area contributed by atoms with E-state index >= 15 is 0 Å². The Morgan fingerprint density at radius 2 is 2.07 bits per heavy atom. The summed E-state index contributed by atoms with van der Waals surface area (Å²) in [6, 6.07) is 9.04. The molecule has 3 atom stereocenters. The zero-order chi connectivity index (χ0) is 18.5. The van der Waals surface area contributed by atoms with Crippen LogP contribution in [0.5, 0.6) is 5.75 Å². The number of rotatable bonds is 3. The third kappa shape index (κ3) is 2.57. The van der Waals surface area contributed by atoms with Gasteiger partial charge in [0.25, 0.3) is 5.91 Å². The molecule has 0 saturated carbocycles. The van der Waals surface area contributed by atoms with Crippen LogP contribution >= 0.6 is 0 Å². The number of nitrogens with zero attached hydrogens (tertiary/aromatic N) is 3. The summed E-state index contributed by atoms with van der Waals surface area (Å²) in [5.74, 6) is 1.87. The van der Waals surface area contributed by atoms with Gasteiger partial charge in [0.15, 0.2) is 0 Å². The fourth-order valence-corrected chi connectivity index (χ4v) is 5.53. The van der Waals surface area contributed by atoms with Gasteiger partial charge in [-0.3, -0.25) is 9.69 Å². The molecule has 6 rings (SSSR count). The minimum Gasteiger partial charge on any atom is -0.497 e. The molecule has 4 aliphatic heterocycles. The fraction of sp³-hybridized carbons (Fsp3) is 0.524. The van der Waals surface area contributed by atoms with Crippen molar-refractivity contribution in [2.24, 2.45) is 5.92 Å². The molecule has 2 bridgehead atoms. The minimum atomic E-state index is 0.0721. The number of hydrogen-bond acceptors (Lipinski definition) is 4. The molecule has 4 fully saturated rings. The van der Waals surface area contributed by atoms with E-state index in [0.29, 0.717) is 23.6 Å². The number of H-pyrrole nitrogens is 1. The molecule has 0 aliphatic carbocycles. The largest absolute Gasteiger partial charge is 0.497 e. The van der Waals surface area contributed by atoms with Crippen LogP contribution in [0.15, 0.2) is 30.6 Å². The Kier molecular flexibility index (Phi) is 3.97. The lowest BCUT2D eigenvalue weighted by Crippen LogP contribution is -2.60. The van der Waals surface area contributed by atoms with Gasteiger partial charge in [-0.15, -0.1) is 0 Å². The zero-order valence-electron chi connectivity index (χ0n) is 15.9. The van der Waals surface area contributed by atoms with E-state index in [4.69, 9.17) is 4.74 Å². The molecule has 6 heteroatoms. The van der Waals surface area contributed by atoms with Crippen molar-refractivity contribution in [3.8, 4) is 5.75 Å². The molecule has 0 radical (unpaired) electrons. The number of aromatic amines is 1. The molecular formula is C21H26N4O2. The SMILES string of the molecule is COc1cccc([C@@H]2CN(C(=O)c3nc[nH]c3C)[C@@H]3C4CCN(CC4)[C@@H]32)c1. The van der Waals surface area contributed by atoms with E-state index in [9.17, 15) is 4.79 Å². The van der Waals surface area contributed by atoms with E-state index in [1.807, 2.05) is 13.0 Å². The fourth-order valence-electron chi connectivity index (χ4n) is 5.53. The van der Waals surface area contributed by atoms with Crippen molar-refractivity contribution in [2.75, 3.05) is 26.7 Å². The summed E-state index contributed by atoms with van der Waals surface area (Å²) in [7, 11) is 1.71. The number of methoxy groups -OCH3 is 1. The number of nitrogens with one attached hydrogen (secondary N) is 1. The Balaban J connectivity index is 1.54. The van der Waals surface area contributed by atoms with Crippen molar-refractivity contribution in [1.82, 2.24) is 19.8 Å². The summed E-state index contributed by atoms with van der Waals surface area (Å²) in [4.78, 5) is 25.4. The lowest BCUT2D eigenvalue weighted by atomic mass is 9.75. The van der Waals surface area contributed by atoms with Crippen LogP contribution in [0.2, 0.25) is 0 Å². The monoisotopic (exact) mass is 366 g/mol. The number of amides is 1. The zero-order valence-corrected chi connectivity index (χ0v) is 15.9.